The third-order valence-electron chi connectivity index (χ3n) is 5.73. The maximum atomic E-state index is 11.9. The van der Waals surface area contributed by atoms with Gasteiger partial charge in [0.1, 0.15) is 18.1 Å². The fourth-order valence-electron chi connectivity index (χ4n) is 4.06. The van der Waals surface area contributed by atoms with Crippen LogP contribution in [0.4, 0.5) is 5.69 Å². The number of aryl methyl sites for hydroxylation is 1. The Labute approximate surface area is 165 Å². The molecular weight excluding hydrogens is 354 g/mol. The third-order valence-corrected chi connectivity index (χ3v) is 5.73. The van der Waals surface area contributed by atoms with Gasteiger partial charge in [-0.2, -0.15) is 0 Å². The highest BCUT2D eigenvalue weighted by molar-refractivity contribution is 5.76. The molecule has 0 spiro atoms. The molecule has 3 heterocycles. The number of hydrogen-bond donors (Lipinski definition) is 1. The number of fused-ring (bicyclic) bond motifs is 1. The molecule has 0 radical (unpaired) electrons. The van der Waals surface area contributed by atoms with Crippen molar-refractivity contribution in [1.29, 1.82) is 0 Å². The normalized spacial score (nSPS) is 21.5. The summed E-state index contributed by atoms with van der Waals surface area (Å²) >= 11 is 0. The maximum Gasteiger partial charge on any atom is 0.222 e. The van der Waals surface area contributed by atoms with Gasteiger partial charge in [-0.25, -0.2) is 0 Å². The van der Waals surface area contributed by atoms with E-state index in [2.05, 4.69) is 23.2 Å². The molecule has 1 amide bonds. The van der Waals surface area contributed by atoms with Gasteiger partial charge in [-0.15, -0.1) is 0 Å². The number of ether oxygens (including phenoxy) is 1. The Morgan fingerprint density at radius 1 is 1.25 bits per heavy atom. The van der Waals surface area contributed by atoms with Crippen LogP contribution in [0.1, 0.15) is 31.7 Å². The summed E-state index contributed by atoms with van der Waals surface area (Å²) < 4.78 is 6.11. The van der Waals surface area contributed by atoms with Crippen molar-refractivity contribution in [2.45, 2.75) is 44.9 Å². The molecule has 1 unspecified atom stereocenters. The number of pyridine rings is 1. The summed E-state index contributed by atoms with van der Waals surface area (Å²) in [6.45, 7) is 3.29. The summed E-state index contributed by atoms with van der Waals surface area (Å²) in [5, 5.41) is 10.0. The summed E-state index contributed by atoms with van der Waals surface area (Å²) in [6.07, 6.45) is 6.17. The van der Waals surface area contributed by atoms with E-state index in [1.54, 1.807) is 6.20 Å². The van der Waals surface area contributed by atoms with E-state index in [-0.39, 0.29) is 12.0 Å². The lowest BCUT2D eigenvalue weighted by atomic mass is 9.96. The number of aromatic nitrogens is 1. The molecule has 2 aromatic rings. The van der Waals surface area contributed by atoms with E-state index in [0.29, 0.717) is 13.0 Å². The zero-order valence-electron chi connectivity index (χ0n) is 16.5. The second-order valence-corrected chi connectivity index (χ2v) is 7.60. The number of carbonyl (C=O) groups excluding carboxylic acids is 1. The minimum absolute atomic E-state index is 0.0196. The van der Waals surface area contributed by atoms with Crippen molar-refractivity contribution in [3.8, 4) is 16.9 Å². The average Bonchev–Trinajstić information content (AvgIpc) is 3.18. The highest BCUT2D eigenvalue weighted by Crippen LogP contribution is 2.33. The van der Waals surface area contributed by atoms with E-state index in [4.69, 9.17) is 4.74 Å². The number of anilines is 1. The van der Waals surface area contributed by atoms with E-state index in [0.717, 1.165) is 48.4 Å². The minimum Gasteiger partial charge on any atom is -0.487 e. The van der Waals surface area contributed by atoms with Gasteiger partial charge in [0.2, 0.25) is 5.91 Å². The molecule has 6 heteroatoms. The number of rotatable bonds is 4. The molecule has 0 aliphatic carbocycles. The number of hydrogen-bond acceptors (Lipinski definition) is 5. The van der Waals surface area contributed by atoms with Gasteiger partial charge < -0.3 is 19.6 Å². The molecule has 148 valence electrons. The molecule has 0 saturated carbocycles. The van der Waals surface area contributed by atoms with Gasteiger partial charge in [0.05, 0.1) is 12.7 Å². The number of likely N-dealkylation sites (tertiary alicyclic amines) is 1. The average molecular weight is 381 g/mol. The van der Waals surface area contributed by atoms with Crippen molar-refractivity contribution in [2.75, 3.05) is 25.0 Å². The SMILES string of the molecule is CCC(=O)N1CC[C@@H](Oc2cncc(-c3ccc4c(c3)CCC(O)N4C)c2)C1. The van der Waals surface area contributed by atoms with Crippen LogP contribution >= 0.6 is 0 Å². The Bertz CT molecular complexity index is 870. The minimum atomic E-state index is -0.415. The number of aliphatic hydroxyl groups is 1. The predicted molar refractivity (Wildman–Crippen MR) is 108 cm³/mol. The number of amides is 1. The van der Waals surface area contributed by atoms with Crippen LogP contribution in [0.3, 0.4) is 0 Å². The summed E-state index contributed by atoms with van der Waals surface area (Å²) in [5.74, 6) is 0.917. The van der Waals surface area contributed by atoms with Gasteiger partial charge in [-0.05, 0) is 42.2 Å². The maximum absolute atomic E-state index is 11.9. The molecule has 2 atom stereocenters. The molecule has 1 aromatic heterocycles. The lowest BCUT2D eigenvalue weighted by Gasteiger charge is -2.32. The van der Waals surface area contributed by atoms with E-state index >= 15 is 0 Å². The van der Waals surface area contributed by atoms with Crippen LogP contribution < -0.4 is 9.64 Å². The molecular formula is C22H27N3O3. The molecule has 0 bridgehead atoms. The highest BCUT2D eigenvalue weighted by atomic mass is 16.5. The van der Waals surface area contributed by atoms with Crippen molar-refractivity contribution in [2.24, 2.45) is 0 Å². The molecule has 2 aliphatic rings. The van der Waals surface area contributed by atoms with E-state index in [1.165, 1.54) is 5.56 Å². The van der Waals surface area contributed by atoms with Crippen LogP contribution in [0.5, 0.6) is 5.75 Å². The van der Waals surface area contributed by atoms with Crippen molar-refractivity contribution in [3.63, 3.8) is 0 Å². The van der Waals surface area contributed by atoms with Crippen LogP contribution in [-0.4, -0.2) is 53.4 Å². The van der Waals surface area contributed by atoms with Gasteiger partial charge in [-0.3, -0.25) is 9.78 Å². The van der Waals surface area contributed by atoms with Gasteiger partial charge in [0, 0.05) is 43.9 Å². The number of nitrogens with zero attached hydrogens (tertiary/aromatic N) is 3. The largest absolute Gasteiger partial charge is 0.487 e. The Morgan fingerprint density at radius 3 is 2.93 bits per heavy atom. The molecule has 1 fully saturated rings. The van der Waals surface area contributed by atoms with Crippen molar-refractivity contribution in [1.82, 2.24) is 9.88 Å². The second-order valence-electron chi connectivity index (χ2n) is 7.60. The first kappa shape index (κ1) is 18.7. The van der Waals surface area contributed by atoms with E-state index < -0.39 is 6.23 Å². The standard InChI is InChI=1S/C22H27N3O3/c1-3-21(26)25-9-8-18(14-25)28-19-11-17(12-23-13-19)15-4-6-20-16(10-15)5-7-22(27)24(20)2/h4,6,10-13,18,22,27H,3,5,7-9,14H2,1-2H3/t18-,22?/m1/s1. The Kier molecular flexibility index (Phi) is 5.22. The summed E-state index contributed by atoms with van der Waals surface area (Å²) in [7, 11) is 1.92. The first-order valence-electron chi connectivity index (χ1n) is 9.99. The van der Waals surface area contributed by atoms with Crippen LogP contribution in [0.2, 0.25) is 0 Å². The Hall–Kier alpha value is -2.60. The molecule has 1 saturated heterocycles. The monoisotopic (exact) mass is 381 g/mol. The third kappa shape index (κ3) is 3.69. The first-order valence-corrected chi connectivity index (χ1v) is 9.99. The highest BCUT2D eigenvalue weighted by Gasteiger charge is 2.27. The molecule has 4 rings (SSSR count). The summed E-state index contributed by atoms with van der Waals surface area (Å²) in [4.78, 5) is 20.0. The van der Waals surface area contributed by atoms with Gasteiger partial charge >= 0.3 is 0 Å². The number of aliphatic hydroxyl groups excluding tert-OH is 1. The van der Waals surface area contributed by atoms with E-state index in [1.807, 2.05) is 36.0 Å². The van der Waals surface area contributed by atoms with Crippen LogP contribution in [0.15, 0.2) is 36.7 Å². The van der Waals surface area contributed by atoms with Gasteiger partial charge in [0.15, 0.2) is 0 Å². The lowest BCUT2D eigenvalue weighted by molar-refractivity contribution is -0.130. The molecule has 1 N–H and O–H groups in total. The molecule has 6 nitrogen and oxygen atoms in total. The fraction of sp³-hybridized carbons (Fsp3) is 0.455. The van der Waals surface area contributed by atoms with Gasteiger partial charge in [-0.1, -0.05) is 13.0 Å². The summed E-state index contributed by atoms with van der Waals surface area (Å²) in [5.41, 5.74) is 4.42. The quantitative estimate of drug-likeness (QED) is 0.882. The summed E-state index contributed by atoms with van der Waals surface area (Å²) in [6, 6.07) is 8.31. The van der Waals surface area contributed by atoms with Crippen LogP contribution in [0.25, 0.3) is 11.1 Å². The molecule has 2 aliphatic heterocycles. The van der Waals surface area contributed by atoms with Gasteiger partial charge in [0.25, 0.3) is 0 Å². The van der Waals surface area contributed by atoms with Crippen molar-refractivity contribution >= 4 is 11.6 Å². The second kappa shape index (κ2) is 7.80. The lowest BCUT2D eigenvalue weighted by Crippen LogP contribution is -2.35. The Morgan fingerprint density at radius 2 is 2.11 bits per heavy atom. The first-order chi connectivity index (χ1) is 13.5. The zero-order chi connectivity index (χ0) is 19.7. The van der Waals surface area contributed by atoms with Crippen molar-refractivity contribution < 1.29 is 14.6 Å². The van der Waals surface area contributed by atoms with Crippen molar-refractivity contribution in [3.05, 3.63) is 42.2 Å². The van der Waals surface area contributed by atoms with Crippen LogP contribution in [0, 0.1) is 0 Å². The van der Waals surface area contributed by atoms with Crippen LogP contribution in [-0.2, 0) is 11.2 Å². The Balaban J connectivity index is 1.50. The number of benzene rings is 1. The smallest absolute Gasteiger partial charge is 0.222 e. The predicted octanol–water partition coefficient (Wildman–Crippen LogP) is 2.84. The molecule has 28 heavy (non-hydrogen) atoms. The zero-order valence-corrected chi connectivity index (χ0v) is 16.5. The van der Waals surface area contributed by atoms with E-state index in [9.17, 15) is 9.90 Å². The molecule has 1 aromatic carbocycles. The number of carbonyl (C=O) groups is 1. The fourth-order valence-corrected chi connectivity index (χ4v) is 4.06. The topological polar surface area (TPSA) is 65.9 Å².